The van der Waals surface area contributed by atoms with Gasteiger partial charge in [0.2, 0.25) is 0 Å². The molecule has 0 aliphatic carbocycles. The van der Waals surface area contributed by atoms with Gasteiger partial charge in [0.1, 0.15) is 4.83 Å². The maximum Gasteiger partial charge on any atom is 0.320 e. The fourth-order valence-electron chi connectivity index (χ4n) is 1.62. The molecule has 0 amide bonds. The fourth-order valence-corrected chi connectivity index (χ4v) is 2.16. The topological polar surface area (TPSA) is 38.8 Å². The summed E-state index contributed by atoms with van der Waals surface area (Å²) in [6.45, 7) is 7.17. The molecule has 1 atom stereocenters. The SMILES string of the molecule is COC(=O)C(Br)CN1CCOCC1(C)C. The number of morpholine rings is 1. The Bertz CT molecular complexity index is 233. The summed E-state index contributed by atoms with van der Waals surface area (Å²) in [7, 11) is 1.40. The summed E-state index contributed by atoms with van der Waals surface area (Å²) in [5.41, 5.74) is -0.0156. The molecule has 0 bridgehead atoms. The maximum atomic E-state index is 11.3. The first-order chi connectivity index (χ1) is 6.97. The van der Waals surface area contributed by atoms with E-state index in [2.05, 4.69) is 39.4 Å². The highest BCUT2D eigenvalue weighted by Gasteiger charge is 2.33. The normalized spacial score (nSPS) is 23.5. The van der Waals surface area contributed by atoms with Crippen molar-refractivity contribution in [2.45, 2.75) is 24.2 Å². The van der Waals surface area contributed by atoms with E-state index >= 15 is 0 Å². The zero-order chi connectivity index (χ0) is 11.5. The lowest BCUT2D eigenvalue weighted by atomic mass is 10.0. The molecule has 0 aromatic carbocycles. The number of hydrogen-bond acceptors (Lipinski definition) is 4. The Kier molecular flexibility index (Phi) is 4.55. The third-order valence-corrected chi connectivity index (χ3v) is 3.32. The Hall–Kier alpha value is -0.130. The van der Waals surface area contributed by atoms with Crippen molar-refractivity contribution in [1.82, 2.24) is 4.90 Å². The lowest BCUT2D eigenvalue weighted by molar-refractivity contribution is -0.141. The molecular formula is C10H18BrNO3. The van der Waals surface area contributed by atoms with Crippen molar-refractivity contribution in [1.29, 1.82) is 0 Å². The molecule has 0 N–H and O–H groups in total. The van der Waals surface area contributed by atoms with E-state index in [0.717, 1.165) is 13.2 Å². The molecule has 0 aromatic rings. The van der Waals surface area contributed by atoms with Crippen molar-refractivity contribution in [2.24, 2.45) is 0 Å². The number of nitrogens with zero attached hydrogens (tertiary/aromatic N) is 1. The number of rotatable bonds is 3. The lowest BCUT2D eigenvalue weighted by Crippen LogP contribution is -2.55. The number of carbonyl (C=O) groups excluding carboxylic acids is 1. The fraction of sp³-hybridized carbons (Fsp3) is 0.900. The minimum atomic E-state index is -0.264. The van der Waals surface area contributed by atoms with Gasteiger partial charge in [0, 0.05) is 18.6 Å². The van der Waals surface area contributed by atoms with E-state index in [0.29, 0.717) is 13.2 Å². The van der Waals surface area contributed by atoms with Crippen molar-refractivity contribution in [3.63, 3.8) is 0 Å². The van der Waals surface area contributed by atoms with Gasteiger partial charge in [0.15, 0.2) is 0 Å². The predicted octanol–water partition coefficient (Wildman–Crippen LogP) is 1.03. The van der Waals surface area contributed by atoms with Crippen LogP contribution in [0.4, 0.5) is 0 Å². The zero-order valence-electron chi connectivity index (χ0n) is 9.46. The van der Waals surface area contributed by atoms with Crippen LogP contribution < -0.4 is 0 Å². The van der Waals surface area contributed by atoms with Crippen molar-refractivity contribution >= 4 is 21.9 Å². The molecule has 1 unspecified atom stereocenters. The highest BCUT2D eigenvalue weighted by molar-refractivity contribution is 9.10. The second-order valence-electron chi connectivity index (χ2n) is 4.30. The van der Waals surface area contributed by atoms with Crippen molar-refractivity contribution in [3.05, 3.63) is 0 Å². The first kappa shape index (κ1) is 12.9. The number of ether oxygens (including phenoxy) is 2. The quantitative estimate of drug-likeness (QED) is 0.572. The molecule has 1 fully saturated rings. The number of alkyl halides is 1. The monoisotopic (exact) mass is 279 g/mol. The first-order valence-electron chi connectivity index (χ1n) is 5.02. The average molecular weight is 280 g/mol. The van der Waals surface area contributed by atoms with Gasteiger partial charge in [-0.1, -0.05) is 15.9 Å². The van der Waals surface area contributed by atoms with E-state index in [1.165, 1.54) is 7.11 Å². The molecule has 1 aliphatic rings. The van der Waals surface area contributed by atoms with E-state index in [1.54, 1.807) is 0 Å². The summed E-state index contributed by atoms with van der Waals surface area (Å²) in [4.78, 5) is 13.2. The van der Waals surface area contributed by atoms with Crippen LogP contribution in [-0.2, 0) is 14.3 Å². The van der Waals surface area contributed by atoms with Gasteiger partial charge in [-0.05, 0) is 13.8 Å². The number of esters is 1. The lowest BCUT2D eigenvalue weighted by Gasteiger charge is -2.42. The molecule has 88 valence electrons. The van der Waals surface area contributed by atoms with Gasteiger partial charge in [-0.2, -0.15) is 0 Å². The van der Waals surface area contributed by atoms with Gasteiger partial charge in [0.05, 0.1) is 20.3 Å². The average Bonchev–Trinajstić information content (AvgIpc) is 2.19. The van der Waals surface area contributed by atoms with Crippen LogP contribution >= 0.6 is 15.9 Å². The number of halogens is 1. The van der Waals surface area contributed by atoms with Crippen LogP contribution in [0.5, 0.6) is 0 Å². The molecule has 15 heavy (non-hydrogen) atoms. The third-order valence-electron chi connectivity index (χ3n) is 2.65. The van der Waals surface area contributed by atoms with E-state index in [1.807, 2.05) is 0 Å². The highest BCUT2D eigenvalue weighted by Crippen LogP contribution is 2.20. The Morgan fingerprint density at radius 2 is 2.33 bits per heavy atom. The van der Waals surface area contributed by atoms with Gasteiger partial charge >= 0.3 is 5.97 Å². The van der Waals surface area contributed by atoms with E-state index in [-0.39, 0.29) is 16.3 Å². The highest BCUT2D eigenvalue weighted by atomic mass is 79.9. The maximum absolute atomic E-state index is 11.3. The first-order valence-corrected chi connectivity index (χ1v) is 5.93. The molecule has 5 heteroatoms. The minimum absolute atomic E-state index is 0.0156. The third kappa shape index (κ3) is 3.43. The van der Waals surface area contributed by atoms with Crippen LogP contribution in [-0.4, -0.2) is 54.6 Å². The summed E-state index contributed by atoms with van der Waals surface area (Å²) in [6, 6.07) is 0. The van der Waals surface area contributed by atoms with Crippen LogP contribution in [0.1, 0.15) is 13.8 Å². The van der Waals surface area contributed by atoms with E-state index in [4.69, 9.17) is 4.74 Å². The van der Waals surface area contributed by atoms with Crippen LogP contribution in [0.15, 0.2) is 0 Å². The second-order valence-corrected chi connectivity index (χ2v) is 5.41. The van der Waals surface area contributed by atoms with Gasteiger partial charge in [-0.3, -0.25) is 9.69 Å². The molecule has 0 radical (unpaired) electrons. The van der Waals surface area contributed by atoms with E-state index < -0.39 is 0 Å². The van der Waals surface area contributed by atoms with Gasteiger partial charge in [-0.15, -0.1) is 0 Å². The summed E-state index contributed by atoms with van der Waals surface area (Å²) in [5, 5.41) is 0. The van der Waals surface area contributed by atoms with E-state index in [9.17, 15) is 4.79 Å². The molecule has 0 saturated carbocycles. The summed E-state index contributed by atoms with van der Waals surface area (Å²) in [5.74, 6) is -0.225. The van der Waals surface area contributed by atoms with Gasteiger partial charge in [-0.25, -0.2) is 0 Å². The van der Waals surface area contributed by atoms with Crippen LogP contribution in [0.25, 0.3) is 0 Å². The molecular weight excluding hydrogens is 262 g/mol. The predicted molar refractivity (Wildman–Crippen MR) is 61.2 cm³/mol. The van der Waals surface area contributed by atoms with Crippen molar-refractivity contribution < 1.29 is 14.3 Å². The van der Waals surface area contributed by atoms with Gasteiger partial charge in [0.25, 0.3) is 0 Å². The molecule has 1 aliphatic heterocycles. The van der Waals surface area contributed by atoms with Crippen LogP contribution in [0.2, 0.25) is 0 Å². The summed E-state index contributed by atoms with van der Waals surface area (Å²) >= 11 is 3.33. The number of methoxy groups -OCH3 is 1. The second kappa shape index (κ2) is 5.27. The molecule has 1 heterocycles. The van der Waals surface area contributed by atoms with Crippen molar-refractivity contribution in [3.8, 4) is 0 Å². The summed E-state index contributed by atoms with van der Waals surface area (Å²) < 4.78 is 10.1. The Balaban J connectivity index is 2.52. The van der Waals surface area contributed by atoms with Gasteiger partial charge < -0.3 is 9.47 Å². The standard InChI is InChI=1S/C10H18BrNO3/c1-10(2)7-15-5-4-12(10)6-8(11)9(13)14-3/h8H,4-7H2,1-3H3. The Labute approximate surface area is 99.0 Å². The number of hydrogen-bond donors (Lipinski definition) is 0. The molecule has 4 nitrogen and oxygen atoms in total. The van der Waals surface area contributed by atoms with Crippen LogP contribution in [0, 0.1) is 0 Å². The van der Waals surface area contributed by atoms with Crippen molar-refractivity contribution in [2.75, 3.05) is 33.4 Å². The minimum Gasteiger partial charge on any atom is -0.468 e. The summed E-state index contributed by atoms with van der Waals surface area (Å²) in [6.07, 6.45) is 0. The zero-order valence-corrected chi connectivity index (χ0v) is 11.0. The molecule has 0 aromatic heterocycles. The molecule has 1 saturated heterocycles. The molecule has 1 rings (SSSR count). The van der Waals surface area contributed by atoms with Crippen LogP contribution in [0.3, 0.4) is 0 Å². The largest absolute Gasteiger partial charge is 0.468 e. The molecule has 0 spiro atoms. The smallest absolute Gasteiger partial charge is 0.320 e. The number of carbonyl (C=O) groups is 1. The Morgan fingerprint density at radius 1 is 1.67 bits per heavy atom. The Morgan fingerprint density at radius 3 is 2.87 bits per heavy atom.